The van der Waals surface area contributed by atoms with Crippen molar-refractivity contribution in [2.75, 3.05) is 0 Å². The van der Waals surface area contributed by atoms with E-state index in [4.69, 9.17) is 0 Å². The highest BCUT2D eigenvalue weighted by molar-refractivity contribution is 7.20. The van der Waals surface area contributed by atoms with E-state index in [1.807, 2.05) is 11.3 Å². The molecule has 3 heteroatoms. The second kappa shape index (κ2) is 9.53. The maximum absolute atomic E-state index is 2.62. The molecule has 5 heterocycles. The van der Waals surface area contributed by atoms with Crippen LogP contribution in [0.1, 0.15) is 40.0 Å². The lowest BCUT2D eigenvalue weighted by atomic mass is 9.87. The first-order valence-electron chi connectivity index (χ1n) is 14.5. The molecule has 2 aliphatic heterocycles. The zero-order valence-electron chi connectivity index (χ0n) is 22.9. The number of benzene rings is 3. The summed E-state index contributed by atoms with van der Waals surface area (Å²) in [4.78, 5) is 1.34. The van der Waals surface area contributed by atoms with Crippen molar-refractivity contribution in [2.45, 2.75) is 45.7 Å². The lowest BCUT2D eigenvalue weighted by molar-refractivity contribution is -0.686. The summed E-state index contributed by atoms with van der Waals surface area (Å²) in [5, 5.41) is 2.67. The number of thiophene rings is 1. The fourth-order valence-corrected chi connectivity index (χ4v) is 8.07. The van der Waals surface area contributed by atoms with Gasteiger partial charge in [-0.05, 0) is 78.3 Å². The summed E-state index contributed by atoms with van der Waals surface area (Å²) in [5.74, 6) is 0. The minimum absolute atomic E-state index is 1.03. The second-order valence-corrected chi connectivity index (χ2v) is 12.3. The highest BCUT2D eigenvalue weighted by Gasteiger charge is 2.33. The largest absolute Gasteiger partial charge is 0.221 e. The molecule has 3 aromatic heterocycles. The first-order valence-corrected chi connectivity index (χ1v) is 15.3. The van der Waals surface area contributed by atoms with Gasteiger partial charge in [-0.1, -0.05) is 42.5 Å². The fourth-order valence-electron chi connectivity index (χ4n) is 6.96. The van der Waals surface area contributed by atoms with Gasteiger partial charge in [0.2, 0.25) is 16.9 Å². The van der Waals surface area contributed by atoms with Crippen molar-refractivity contribution in [1.82, 2.24) is 0 Å². The standard InChI is InChI=1S/C37H32N2S/c1-25-30-13-3-5-16-34(30)40-33(25)20-19-29-24-28-10-2-4-14-31(28)39-23-9-12-27-18-17-26-11-8-22-38-21-7-6-15-32(38)35(26)36(27)37(29)39/h2-7,10,13-21,24H,8-9,11-12,22-23H2,1H3/q+2/b20-19+. The Morgan fingerprint density at radius 3 is 2.42 bits per heavy atom. The number of para-hydroxylation sites is 1. The van der Waals surface area contributed by atoms with Crippen LogP contribution in [-0.2, 0) is 25.9 Å². The summed E-state index contributed by atoms with van der Waals surface area (Å²) < 4.78 is 6.45. The number of hydrogen-bond acceptors (Lipinski definition) is 1. The monoisotopic (exact) mass is 536 g/mol. The van der Waals surface area contributed by atoms with Crippen LogP contribution in [0.2, 0.25) is 0 Å². The van der Waals surface area contributed by atoms with E-state index in [9.17, 15) is 0 Å². The number of aromatic nitrogens is 2. The van der Waals surface area contributed by atoms with Crippen LogP contribution in [0.3, 0.4) is 0 Å². The molecule has 0 N–H and O–H groups in total. The Labute approximate surface area is 239 Å². The first-order chi connectivity index (χ1) is 19.8. The third kappa shape index (κ3) is 3.76. The van der Waals surface area contributed by atoms with E-state index in [0.717, 1.165) is 32.4 Å². The van der Waals surface area contributed by atoms with Crippen LogP contribution in [0.15, 0.2) is 91.1 Å². The van der Waals surface area contributed by atoms with Crippen LogP contribution in [0.4, 0.5) is 0 Å². The Morgan fingerprint density at radius 2 is 1.52 bits per heavy atom. The zero-order valence-corrected chi connectivity index (χ0v) is 23.7. The molecule has 2 nitrogen and oxygen atoms in total. The Hall–Kier alpha value is -4.08. The molecule has 0 unspecified atom stereocenters. The fraction of sp³-hybridized carbons (Fsp3) is 0.189. The van der Waals surface area contributed by atoms with Crippen molar-refractivity contribution in [3.8, 4) is 22.5 Å². The van der Waals surface area contributed by atoms with E-state index in [2.05, 4.69) is 119 Å². The van der Waals surface area contributed by atoms with Crippen molar-refractivity contribution in [2.24, 2.45) is 0 Å². The number of rotatable bonds is 2. The molecule has 0 aliphatic carbocycles. The molecule has 0 amide bonds. The second-order valence-electron chi connectivity index (χ2n) is 11.2. The van der Waals surface area contributed by atoms with Crippen LogP contribution in [0.5, 0.6) is 0 Å². The Kier molecular flexibility index (Phi) is 5.67. The van der Waals surface area contributed by atoms with Crippen LogP contribution in [0, 0.1) is 6.92 Å². The summed E-state index contributed by atoms with van der Waals surface area (Å²) in [6.07, 6.45) is 11.5. The molecule has 0 saturated heterocycles. The van der Waals surface area contributed by atoms with Crippen molar-refractivity contribution >= 4 is 44.5 Å². The van der Waals surface area contributed by atoms with Gasteiger partial charge >= 0.3 is 0 Å². The Bertz CT molecular complexity index is 1980. The van der Waals surface area contributed by atoms with Gasteiger partial charge in [0.05, 0.1) is 11.1 Å². The maximum Gasteiger partial charge on any atom is 0.221 e. The normalized spacial score (nSPS) is 14.4. The Morgan fingerprint density at radius 1 is 0.750 bits per heavy atom. The van der Waals surface area contributed by atoms with Crippen LogP contribution in [0.25, 0.3) is 55.7 Å². The number of nitrogens with zero attached hydrogens (tertiary/aromatic N) is 2. The molecule has 0 spiro atoms. The van der Waals surface area contributed by atoms with Crippen molar-refractivity contribution < 1.29 is 9.13 Å². The SMILES string of the molecule is Cc1c(/C=C/c2cc3ccccc3[n+]3c2-c2c(ccc4c2-c2cccc[n+]2CCC4)CCC3)sc2ccccc12. The number of pyridine rings is 2. The highest BCUT2D eigenvalue weighted by Crippen LogP contribution is 2.41. The highest BCUT2D eigenvalue weighted by atomic mass is 32.1. The number of hydrogen-bond donors (Lipinski definition) is 0. The average Bonchev–Trinajstić information content (AvgIpc) is 3.12. The maximum atomic E-state index is 2.62. The average molecular weight is 537 g/mol. The van der Waals surface area contributed by atoms with E-state index < -0.39 is 0 Å². The Balaban J connectivity index is 1.44. The van der Waals surface area contributed by atoms with Crippen molar-refractivity contribution in [3.05, 3.63) is 118 Å². The van der Waals surface area contributed by atoms with Gasteiger partial charge < -0.3 is 0 Å². The van der Waals surface area contributed by atoms with Crippen LogP contribution >= 0.6 is 11.3 Å². The predicted molar refractivity (Wildman–Crippen MR) is 167 cm³/mol. The van der Waals surface area contributed by atoms with Gasteiger partial charge in [0.1, 0.15) is 13.1 Å². The van der Waals surface area contributed by atoms with E-state index in [0.29, 0.717) is 0 Å². The van der Waals surface area contributed by atoms with Gasteiger partial charge in [-0.3, -0.25) is 0 Å². The topological polar surface area (TPSA) is 7.76 Å². The molecule has 3 aromatic carbocycles. The molecule has 0 fully saturated rings. The van der Waals surface area contributed by atoms with E-state index >= 15 is 0 Å². The van der Waals surface area contributed by atoms with E-state index in [1.165, 1.54) is 77.1 Å². The van der Waals surface area contributed by atoms with E-state index in [1.54, 1.807) is 0 Å². The molecule has 8 rings (SSSR count). The van der Waals surface area contributed by atoms with E-state index in [-0.39, 0.29) is 0 Å². The summed E-state index contributed by atoms with van der Waals surface area (Å²) in [6, 6.07) is 31.7. The first kappa shape index (κ1) is 23.8. The third-order valence-electron chi connectivity index (χ3n) is 8.86. The molecule has 0 radical (unpaired) electrons. The summed E-state index contributed by atoms with van der Waals surface area (Å²) in [5.41, 5.74) is 12.6. The third-order valence-corrected chi connectivity index (χ3v) is 10.1. The van der Waals surface area contributed by atoms with Crippen molar-refractivity contribution in [3.63, 3.8) is 0 Å². The summed E-state index contributed by atoms with van der Waals surface area (Å²) >= 11 is 1.89. The molecular weight excluding hydrogens is 504 g/mol. The van der Waals surface area contributed by atoms with Gasteiger partial charge in [0, 0.05) is 51.6 Å². The molecular formula is C37H32N2S+2. The molecule has 194 valence electrons. The lowest BCUT2D eigenvalue weighted by Crippen LogP contribution is -2.38. The molecule has 0 atom stereocenters. The number of aryl methyl sites for hydroxylation is 5. The summed E-state index contributed by atoms with van der Waals surface area (Å²) in [6.45, 7) is 4.35. The minimum atomic E-state index is 1.03. The zero-order chi connectivity index (χ0) is 26.6. The molecule has 2 aliphatic rings. The summed E-state index contributed by atoms with van der Waals surface area (Å²) in [7, 11) is 0. The molecule has 0 saturated carbocycles. The lowest BCUT2D eigenvalue weighted by Gasteiger charge is -2.15. The van der Waals surface area contributed by atoms with Gasteiger partial charge in [0.25, 0.3) is 0 Å². The molecule has 0 bridgehead atoms. The van der Waals surface area contributed by atoms with Gasteiger partial charge in [0.15, 0.2) is 6.20 Å². The van der Waals surface area contributed by atoms with Gasteiger partial charge in [-0.2, -0.15) is 9.13 Å². The molecule has 6 aromatic rings. The number of fused-ring (bicyclic) bond motifs is 10. The van der Waals surface area contributed by atoms with Gasteiger partial charge in [-0.25, -0.2) is 0 Å². The quantitative estimate of drug-likeness (QED) is 0.197. The minimum Gasteiger partial charge on any atom is -0.198 e. The van der Waals surface area contributed by atoms with Gasteiger partial charge in [-0.15, -0.1) is 11.3 Å². The van der Waals surface area contributed by atoms with Crippen molar-refractivity contribution in [1.29, 1.82) is 0 Å². The predicted octanol–water partition coefficient (Wildman–Crippen LogP) is 8.33. The smallest absolute Gasteiger partial charge is 0.198 e. The van der Waals surface area contributed by atoms with Crippen LogP contribution < -0.4 is 9.13 Å². The molecule has 40 heavy (non-hydrogen) atoms. The van der Waals surface area contributed by atoms with Crippen LogP contribution in [-0.4, -0.2) is 0 Å².